The molecule has 0 aliphatic heterocycles. The van der Waals surface area contributed by atoms with E-state index in [9.17, 15) is 8.78 Å². The summed E-state index contributed by atoms with van der Waals surface area (Å²) in [5.41, 5.74) is 6.60. The highest BCUT2D eigenvalue weighted by Crippen LogP contribution is 2.20. The number of rotatable bonds is 5. The van der Waals surface area contributed by atoms with E-state index in [4.69, 9.17) is 5.73 Å². The molecular formula is C15H15F2NS. The second-order valence-corrected chi connectivity index (χ2v) is 5.42. The molecule has 2 aromatic carbocycles. The Morgan fingerprint density at radius 1 is 1.05 bits per heavy atom. The van der Waals surface area contributed by atoms with E-state index in [-0.39, 0.29) is 17.7 Å². The number of hydrogen-bond donors (Lipinski definition) is 1. The van der Waals surface area contributed by atoms with Crippen LogP contribution >= 0.6 is 11.8 Å². The molecule has 1 unspecified atom stereocenters. The molecule has 4 heteroatoms. The molecular weight excluding hydrogens is 264 g/mol. The smallest absolute Gasteiger partial charge is 0.126 e. The fraction of sp³-hybridized carbons (Fsp3) is 0.200. The van der Waals surface area contributed by atoms with E-state index >= 15 is 0 Å². The van der Waals surface area contributed by atoms with Crippen LogP contribution in [0.4, 0.5) is 8.78 Å². The maximum Gasteiger partial charge on any atom is 0.126 e. The zero-order chi connectivity index (χ0) is 13.7. The second-order valence-electron chi connectivity index (χ2n) is 4.32. The van der Waals surface area contributed by atoms with Crippen molar-refractivity contribution >= 4 is 11.8 Å². The molecule has 2 N–H and O–H groups in total. The molecule has 2 rings (SSSR count). The molecule has 0 heterocycles. The number of nitrogens with two attached hydrogens (primary N) is 1. The number of benzene rings is 2. The Hall–Kier alpha value is -1.39. The predicted octanol–water partition coefficient (Wildman–Crippen LogP) is 3.63. The van der Waals surface area contributed by atoms with Gasteiger partial charge in [-0.05, 0) is 36.2 Å². The summed E-state index contributed by atoms with van der Waals surface area (Å²) in [4.78, 5) is 0.837. The van der Waals surface area contributed by atoms with E-state index in [1.807, 2.05) is 6.07 Å². The molecule has 2 aromatic rings. The monoisotopic (exact) mass is 279 g/mol. The van der Waals surface area contributed by atoms with Crippen molar-refractivity contribution < 1.29 is 8.78 Å². The number of halogens is 2. The van der Waals surface area contributed by atoms with Gasteiger partial charge in [-0.25, -0.2) is 8.78 Å². The third kappa shape index (κ3) is 4.33. The molecule has 0 fully saturated rings. The first-order chi connectivity index (χ1) is 9.15. The van der Waals surface area contributed by atoms with Crippen LogP contribution in [-0.2, 0) is 6.42 Å². The molecule has 0 aromatic heterocycles. The standard InChI is InChI=1S/C15H15F2NS/c16-12-5-3-6-14(9-12)19-10-13(18)8-11-4-1-2-7-15(11)17/h1-7,9,13H,8,10,18H2. The molecule has 0 aliphatic carbocycles. The summed E-state index contributed by atoms with van der Waals surface area (Å²) in [6.45, 7) is 0. The molecule has 100 valence electrons. The van der Waals surface area contributed by atoms with E-state index in [0.29, 0.717) is 17.7 Å². The fourth-order valence-electron chi connectivity index (χ4n) is 1.77. The van der Waals surface area contributed by atoms with Crippen molar-refractivity contribution in [3.8, 4) is 0 Å². The van der Waals surface area contributed by atoms with Gasteiger partial charge in [0.25, 0.3) is 0 Å². The van der Waals surface area contributed by atoms with Crippen LogP contribution in [0.25, 0.3) is 0 Å². The van der Waals surface area contributed by atoms with Crippen molar-refractivity contribution in [1.82, 2.24) is 0 Å². The Morgan fingerprint density at radius 3 is 2.58 bits per heavy atom. The highest BCUT2D eigenvalue weighted by Gasteiger charge is 2.08. The minimum Gasteiger partial charge on any atom is -0.327 e. The molecule has 0 aliphatic rings. The largest absolute Gasteiger partial charge is 0.327 e. The molecule has 19 heavy (non-hydrogen) atoms. The zero-order valence-electron chi connectivity index (χ0n) is 10.4. The van der Waals surface area contributed by atoms with Gasteiger partial charge in [-0.15, -0.1) is 11.8 Å². The van der Waals surface area contributed by atoms with Crippen molar-refractivity contribution in [3.63, 3.8) is 0 Å². The highest BCUT2D eigenvalue weighted by atomic mass is 32.2. The van der Waals surface area contributed by atoms with Gasteiger partial charge in [-0.3, -0.25) is 0 Å². The van der Waals surface area contributed by atoms with E-state index in [1.165, 1.54) is 30.0 Å². The van der Waals surface area contributed by atoms with Crippen molar-refractivity contribution in [2.45, 2.75) is 17.4 Å². The quantitative estimate of drug-likeness (QED) is 0.846. The Labute approximate surface area is 115 Å². The van der Waals surface area contributed by atoms with Crippen molar-refractivity contribution in [1.29, 1.82) is 0 Å². The summed E-state index contributed by atoms with van der Waals surface area (Å²) in [7, 11) is 0. The van der Waals surface area contributed by atoms with Crippen molar-refractivity contribution in [3.05, 3.63) is 65.7 Å². The first-order valence-corrected chi connectivity index (χ1v) is 7.01. The summed E-state index contributed by atoms with van der Waals surface area (Å²) < 4.78 is 26.5. The van der Waals surface area contributed by atoms with Gasteiger partial charge in [0, 0.05) is 16.7 Å². The van der Waals surface area contributed by atoms with Crippen LogP contribution in [0.5, 0.6) is 0 Å². The molecule has 0 spiro atoms. The van der Waals surface area contributed by atoms with Gasteiger partial charge < -0.3 is 5.73 Å². The molecule has 1 nitrogen and oxygen atoms in total. The molecule has 0 amide bonds. The Balaban J connectivity index is 1.88. The summed E-state index contributed by atoms with van der Waals surface area (Å²) >= 11 is 1.48. The van der Waals surface area contributed by atoms with E-state index in [1.54, 1.807) is 24.3 Å². The number of thioether (sulfide) groups is 1. The van der Waals surface area contributed by atoms with Crippen LogP contribution in [0.15, 0.2) is 53.4 Å². The second kappa shape index (κ2) is 6.68. The predicted molar refractivity (Wildman–Crippen MR) is 75.2 cm³/mol. The molecule has 0 bridgehead atoms. The zero-order valence-corrected chi connectivity index (χ0v) is 11.2. The summed E-state index contributed by atoms with van der Waals surface area (Å²) in [6.07, 6.45) is 0.481. The Morgan fingerprint density at radius 2 is 1.84 bits per heavy atom. The Bertz CT molecular complexity index is 545. The SMILES string of the molecule is NC(CSc1cccc(F)c1)Cc1ccccc1F. The van der Waals surface area contributed by atoms with Gasteiger partial charge in [0.1, 0.15) is 11.6 Å². The Kier molecular flexibility index (Phi) is 4.93. The maximum atomic E-state index is 13.5. The molecule has 0 saturated heterocycles. The van der Waals surface area contributed by atoms with Crippen LogP contribution in [0.2, 0.25) is 0 Å². The molecule has 0 radical (unpaired) electrons. The summed E-state index contributed by atoms with van der Waals surface area (Å²) in [5.74, 6) is 0.138. The topological polar surface area (TPSA) is 26.0 Å². The third-order valence-electron chi connectivity index (χ3n) is 2.70. The first kappa shape index (κ1) is 14.0. The van der Waals surface area contributed by atoms with Gasteiger partial charge in [-0.1, -0.05) is 24.3 Å². The fourth-order valence-corrected chi connectivity index (χ4v) is 2.66. The minimum atomic E-state index is -0.257. The summed E-state index contributed by atoms with van der Waals surface area (Å²) in [5, 5.41) is 0. The first-order valence-electron chi connectivity index (χ1n) is 6.02. The molecule has 0 saturated carbocycles. The van der Waals surface area contributed by atoms with Crippen LogP contribution in [0, 0.1) is 11.6 Å². The van der Waals surface area contributed by atoms with Crippen LogP contribution < -0.4 is 5.73 Å². The van der Waals surface area contributed by atoms with Crippen LogP contribution in [-0.4, -0.2) is 11.8 Å². The van der Waals surface area contributed by atoms with Gasteiger partial charge in [0.2, 0.25) is 0 Å². The van der Waals surface area contributed by atoms with Crippen molar-refractivity contribution in [2.75, 3.05) is 5.75 Å². The lowest BCUT2D eigenvalue weighted by molar-refractivity contribution is 0.597. The van der Waals surface area contributed by atoms with Gasteiger partial charge in [0.15, 0.2) is 0 Å². The van der Waals surface area contributed by atoms with Crippen LogP contribution in [0.3, 0.4) is 0 Å². The lowest BCUT2D eigenvalue weighted by atomic mass is 10.1. The summed E-state index contributed by atoms with van der Waals surface area (Å²) in [6, 6.07) is 12.8. The lowest BCUT2D eigenvalue weighted by Crippen LogP contribution is -2.26. The number of hydrogen-bond acceptors (Lipinski definition) is 2. The average molecular weight is 279 g/mol. The average Bonchev–Trinajstić information content (AvgIpc) is 2.39. The van der Waals surface area contributed by atoms with Gasteiger partial charge in [-0.2, -0.15) is 0 Å². The van der Waals surface area contributed by atoms with E-state index < -0.39 is 0 Å². The molecule has 1 atom stereocenters. The normalized spacial score (nSPS) is 12.4. The third-order valence-corrected chi connectivity index (χ3v) is 3.88. The van der Waals surface area contributed by atoms with Crippen molar-refractivity contribution in [2.24, 2.45) is 5.73 Å². The minimum absolute atomic E-state index is 0.162. The lowest BCUT2D eigenvalue weighted by Gasteiger charge is -2.12. The maximum absolute atomic E-state index is 13.5. The van der Waals surface area contributed by atoms with E-state index in [2.05, 4.69) is 0 Å². The van der Waals surface area contributed by atoms with E-state index in [0.717, 1.165) is 4.90 Å². The van der Waals surface area contributed by atoms with Gasteiger partial charge >= 0.3 is 0 Å². The van der Waals surface area contributed by atoms with Crippen LogP contribution in [0.1, 0.15) is 5.56 Å². The van der Waals surface area contributed by atoms with Gasteiger partial charge in [0.05, 0.1) is 0 Å². The highest BCUT2D eigenvalue weighted by molar-refractivity contribution is 7.99.